The third-order valence-corrected chi connectivity index (χ3v) is 3.95. The summed E-state index contributed by atoms with van der Waals surface area (Å²) >= 11 is 0. The molecule has 0 aliphatic carbocycles. The van der Waals surface area contributed by atoms with Crippen molar-refractivity contribution in [1.82, 2.24) is 10.6 Å². The van der Waals surface area contributed by atoms with E-state index >= 15 is 0 Å². The van der Waals surface area contributed by atoms with Gasteiger partial charge in [-0.1, -0.05) is 5.92 Å². The van der Waals surface area contributed by atoms with E-state index in [9.17, 15) is 22.8 Å². The van der Waals surface area contributed by atoms with E-state index in [0.29, 0.717) is 25.9 Å². The van der Waals surface area contributed by atoms with Gasteiger partial charge < -0.3 is 15.4 Å². The van der Waals surface area contributed by atoms with E-state index in [1.165, 1.54) is 12.1 Å². The Morgan fingerprint density at radius 1 is 1.32 bits per heavy atom. The molecule has 0 bridgehead atoms. The quantitative estimate of drug-likeness (QED) is 0.495. The van der Waals surface area contributed by atoms with Crippen LogP contribution < -0.4 is 15.4 Å². The fourth-order valence-corrected chi connectivity index (χ4v) is 2.49. The smallest absolute Gasteiger partial charge is 0.419 e. The van der Waals surface area contributed by atoms with Crippen molar-refractivity contribution in [2.75, 3.05) is 13.1 Å². The molecule has 1 amide bonds. The number of carbonyl (C=O) groups is 2. The van der Waals surface area contributed by atoms with Gasteiger partial charge in [0.15, 0.2) is 0 Å². The highest BCUT2D eigenvalue weighted by Gasteiger charge is 2.42. The monoisotopic (exact) mass is 354 g/mol. The van der Waals surface area contributed by atoms with Crippen LogP contribution in [-0.4, -0.2) is 36.7 Å². The zero-order valence-electron chi connectivity index (χ0n) is 13.5. The van der Waals surface area contributed by atoms with E-state index in [4.69, 9.17) is 6.42 Å². The molecule has 1 aliphatic rings. The number of amides is 1. The Hall–Kier alpha value is -2.53. The first-order valence-electron chi connectivity index (χ1n) is 7.57. The Bertz CT molecular complexity index is 717. The van der Waals surface area contributed by atoms with Gasteiger partial charge in [-0.3, -0.25) is 4.79 Å². The predicted octanol–water partition coefficient (Wildman–Crippen LogP) is 2.01. The van der Waals surface area contributed by atoms with E-state index in [1.807, 2.05) is 6.92 Å². The third kappa shape index (κ3) is 4.73. The largest absolute Gasteiger partial charge is 0.491 e. The molecule has 5 nitrogen and oxygen atoms in total. The number of alkyl halides is 3. The summed E-state index contributed by atoms with van der Waals surface area (Å²) in [4.78, 5) is 23.6. The number of nitrogens with one attached hydrogen (secondary N) is 2. The molecule has 0 radical (unpaired) electrons. The molecule has 1 aliphatic heterocycles. The maximum atomic E-state index is 12.5. The zero-order valence-corrected chi connectivity index (χ0v) is 13.5. The maximum absolute atomic E-state index is 12.5. The van der Waals surface area contributed by atoms with Crippen LogP contribution in [0.15, 0.2) is 18.2 Å². The minimum atomic E-state index is -5.18. The molecule has 1 heterocycles. The van der Waals surface area contributed by atoms with Crippen molar-refractivity contribution < 1.29 is 27.5 Å². The first-order valence-corrected chi connectivity index (χ1v) is 7.57. The summed E-state index contributed by atoms with van der Waals surface area (Å²) in [5, 5.41) is 5.95. The van der Waals surface area contributed by atoms with Crippen LogP contribution in [-0.2, 0) is 4.79 Å². The molecule has 0 atom stereocenters. The fourth-order valence-electron chi connectivity index (χ4n) is 2.49. The van der Waals surface area contributed by atoms with Gasteiger partial charge >= 0.3 is 12.1 Å². The number of hydrogen-bond donors (Lipinski definition) is 2. The third-order valence-electron chi connectivity index (χ3n) is 3.95. The molecule has 1 fully saturated rings. The maximum Gasteiger partial charge on any atom is 0.491 e. The molecule has 0 saturated carbocycles. The highest BCUT2D eigenvalue weighted by Crippen LogP contribution is 2.26. The number of benzene rings is 1. The average molecular weight is 354 g/mol. The topological polar surface area (TPSA) is 67.4 Å². The van der Waals surface area contributed by atoms with Crippen LogP contribution in [0.3, 0.4) is 0 Å². The number of ether oxygens (including phenoxy) is 1. The van der Waals surface area contributed by atoms with E-state index < -0.39 is 29.3 Å². The Morgan fingerprint density at radius 2 is 1.96 bits per heavy atom. The van der Waals surface area contributed by atoms with Crippen LogP contribution in [0.4, 0.5) is 13.2 Å². The second-order valence-corrected chi connectivity index (χ2v) is 6.01. The second kappa shape index (κ2) is 7.15. The Morgan fingerprint density at radius 3 is 2.52 bits per heavy atom. The Labute approximate surface area is 142 Å². The summed E-state index contributed by atoms with van der Waals surface area (Å²) in [6, 6.07) is 3.70. The van der Waals surface area contributed by atoms with Crippen molar-refractivity contribution in [3.8, 4) is 18.1 Å². The number of piperidine rings is 1. The van der Waals surface area contributed by atoms with Crippen molar-refractivity contribution in [2.24, 2.45) is 0 Å². The Balaban J connectivity index is 2.28. The van der Waals surface area contributed by atoms with Crippen LogP contribution in [0.5, 0.6) is 5.75 Å². The summed E-state index contributed by atoms with van der Waals surface area (Å²) in [6.45, 7) is 3.27. The highest BCUT2D eigenvalue weighted by molar-refractivity contribution is 5.98. The number of hydrogen-bond acceptors (Lipinski definition) is 4. The van der Waals surface area contributed by atoms with Gasteiger partial charge in [-0.05, 0) is 51.1 Å². The molecule has 1 saturated heterocycles. The van der Waals surface area contributed by atoms with Crippen molar-refractivity contribution >= 4 is 11.9 Å². The lowest BCUT2D eigenvalue weighted by Gasteiger charge is -2.35. The number of terminal acetylenes is 1. The minimum Gasteiger partial charge on any atom is -0.419 e. The van der Waals surface area contributed by atoms with E-state index in [-0.39, 0.29) is 11.1 Å². The van der Waals surface area contributed by atoms with E-state index in [1.54, 1.807) is 0 Å². The van der Waals surface area contributed by atoms with Crippen LogP contribution in [0.1, 0.15) is 35.7 Å². The minimum absolute atomic E-state index is 0.184. The lowest BCUT2D eigenvalue weighted by atomic mass is 9.90. The van der Waals surface area contributed by atoms with Crippen LogP contribution >= 0.6 is 0 Å². The summed E-state index contributed by atoms with van der Waals surface area (Å²) < 4.78 is 41.7. The number of esters is 1. The molecule has 0 unspecified atom stereocenters. The highest BCUT2D eigenvalue weighted by atomic mass is 19.4. The average Bonchev–Trinajstić information content (AvgIpc) is 2.54. The molecule has 1 aromatic rings. The van der Waals surface area contributed by atoms with Gasteiger partial charge in [0, 0.05) is 11.1 Å². The SMILES string of the molecule is C#Cc1ccc(C(=O)NC2(C)CCNCC2)c(OC(=O)C(F)(F)F)c1. The van der Waals surface area contributed by atoms with Crippen LogP contribution in [0.2, 0.25) is 0 Å². The van der Waals surface area contributed by atoms with Crippen molar-refractivity contribution in [3.05, 3.63) is 29.3 Å². The summed E-state index contributed by atoms with van der Waals surface area (Å²) in [5.74, 6) is -1.34. The van der Waals surface area contributed by atoms with Gasteiger partial charge in [0.2, 0.25) is 0 Å². The number of carbonyl (C=O) groups excluding carboxylic acids is 2. The van der Waals surface area contributed by atoms with Crippen molar-refractivity contribution in [3.63, 3.8) is 0 Å². The summed E-state index contributed by atoms with van der Waals surface area (Å²) in [5.41, 5.74) is -0.496. The molecular formula is C17H17F3N2O3. The first-order chi connectivity index (χ1) is 11.6. The lowest BCUT2D eigenvalue weighted by molar-refractivity contribution is -0.189. The van der Waals surface area contributed by atoms with Gasteiger partial charge in [-0.25, -0.2) is 4.79 Å². The second-order valence-electron chi connectivity index (χ2n) is 6.01. The number of rotatable bonds is 3. The van der Waals surface area contributed by atoms with E-state index in [2.05, 4.69) is 21.3 Å². The molecule has 8 heteroatoms. The molecule has 134 valence electrons. The standard InChI is InChI=1S/C17H17F3N2O3/c1-3-11-4-5-12(13(10-11)25-15(24)17(18,19)20)14(23)22-16(2)6-8-21-9-7-16/h1,4-5,10,21H,6-9H2,2H3,(H,22,23). The zero-order chi connectivity index (χ0) is 18.7. The van der Waals surface area contributed by atoms with E-state index in [0.717, 1.165) is 6.07 Å². The molecule has 2 N–H and O–H groups in total. The fraction of sp³-hybridized carbons (Fsp3) is 0.412. The molecule has 2 rings (SSSR count). The molecule has 25 heavy (non-hydrogen) atoms. The summed E-state index contributed by atoms with van der Waals surface area (Å²) in [7, 11) is 0. The first kappa shape index (κ1) is 18.8. The molecule has 0 spiro atoms. The van der Waals surface area contributed by atoms with Gasteiger partial charge in [0.25, 0.3) is 5.91 Å². The molecular weight excluding hydrogens is 337 g/mol. The molecule has 1 aromatic carbocycles. The van der Waals surface area contributed by atoms with Gasteiger partial charge in [0.05, 0.1) is 5.56 Å². The normalized spacial score (nSPS) is 16.6. The van der Waals surface area contributed by atoms with Gasteiger partial charge in [-0.15, -0.1) is 6.42 Å². The van der Waals surface area contributed by atoms with Crippen molar-refractivity contribution in [2.45, 2.75) is 31.5 Å². The van der Waals surface area contributed by atoms with Crippen LogP contribution in [0, 0.1) is 12.3 Å². The summed E-state index contributed by atoms with van der Waals surface area (Å²) in [6.07, 6.45) is 1.36. The lowest BCUT2D eigenvalue weighted by Crippen LogP contribution is -2.52. The predicted molar refractivity (Wildman–Crippen MR) is 84.0 cm³/mol. The molecule has 0 aromatic heterocycles. The Kier molecular flexibility index (Phi) is 5.38. The van der Waals surface area contributed by atoms with Crippen molar-refractivity contribution in [1.29, 1.82) is 0 Å². The number of halogens is 3. The van der Waals surface area contributed by atoms with Gasteiger partial charge in [0.1, 0.15) is 5.75 Å². The van der Waals surface area contributed by atoms with Gasteiger partial charge in [-0.2, -0.15) is 13.2 Å². The van der Waals surface area contributed by atoms with Crippen LogP contribution in [0.25, 0.3) is 0 Å².